The molecule has 0 bridgehead atoms. The third kappa shape index (κ3) is 5.16. The number of halogens is 1. The van der Waals surface area contributed by atoms with Gasteiger partial charge in [0.1, 0.15) is 0 Å². The number of sulfonamides is 1. The fraction of sp³-hybridized carbons (Fsp3) is 0.136. The molecule has 0 atom stereocenters. The molecule has 0 saturated carbocycles. The smallest absolute Gasteiger partial charge is 0.261 e. The Kier molecular flexibility index (Phi) is 6.28. The highest BCUT2D eigenvalue weighted by atomic mass is 127. The summed E-state index contributed by atoms with van der Waals surface area (Å²) in [5.74, 6) is -0.238. The van der Waals surface area contributed by atoms with Gasteiger partial charge in [-0.15, -0.1) is 0 Å². The maximum Gasteiger partial charge on any atom is 0.261 e. The van der Waals surface area contributed by atoms with E-state index in [2.05, 4.69) is 32.6 Å². The first-order valence-electron chi connectivity index (χ1n) is 8.93. The molecular weight excluding hydrogens is 499 g/mol. The van der Waals surface area contributed by atoms with E-state index in [4.69, 9.17) is 0 Å². The molecule has 0 heterocycles. The summed E-state index contributed by atoms with van der Waals surface area (Å²) in [5, 5.41) is 2.80. The highest BCUT2D eigenvalue weighted by Gasteiger charge is 2.16. The molecule has 7 heteroatoms. The van der Waals surface area contributed by atoms with Crippen molar-refractivity contribution in [1.82, 2.24) is 0 Å². The lowest BCUT2D eigenvalue weighted by molar-refractivity contribution is 0.102. The molecule has 0 radical (unpaired) electrons. The van der Waals surface area contributed by atoms with Crippen LogP contribution < -0.4 is 10.0 Å². The Bertz CT molecular complexity index is 1170. The standard InChI is InChI=1S/C22H21IN2O3S/c1-14-5-11-21(16(3)12-14)25-29(27,28)18-8-6-17(7-9-18)24-22(26)19-10-4-15(2)13-20(19)23/h4-13,25H,1-3H3,(H,24,26). The number of amides is 1. The van der Waals surface area contributed by atoms with Gasteiger partial charge in [0.2, 0.25) is 0 Å². The van der Waals surface area contributed by atoms with Crippen LogP contribution in [0.5, 0.6) is 0 Å². The van der Waals surface area contributed by atoms with Crippen molar-refractivity contribution >= 4 is 49.9 Å². The van der Waals surface area contributed by atoms with Crippen LogP contribution in [-0.2, 0) is 10.0 Å². The summed E-state index contributed by atoms with van der Waals surface area (Å²) in [6, 6.07) is 17.2. The summed E-state index contributed by atoms with van der Waals surface area (Å²) >= 11 is 2.13. The zero-order chi connectivity index (χ0) is 21.2. The summed E-state index contributed by atoms with van der Waals surface area (Å²) in [6.07, 6.45) is 0. The summed E-state index contributed by atoms with van der Waals surface area (Å²) in [5.41, 5.74) is 4.64. The van der Waals surface area contributed by atoms with Gasteiger partial charge >= 0.3 is 0 Å². The van der Waals surface area contributed by atoms with Gasteiger partial charge in [-0.2, -0.15) is 0 Å². The molecule has 0 aliphatic carbocycles. The Morgan fingerprint density at radius 1 is 0.862 bits per heavy atom. The minimum atomic E-state index is -3.72. The average Bonchev–Trinajstić information content (AvgIpc) is 2.64. The summed E-state index contributed by atoms with van der Waals surface area (Å²) < 4.78 is 28.8. The van der Waals surface area contributed by atoms with Gasteiger partial charge in [-0.3, -0.25) is 9.52 Å². The lowest BCUT2D eigenvalue weighted by atomic mass is 10.1. The van der Waals surface area contributed by atoms with Crippen molar-refractivity contribution in [3.8, 4) is 0 Å². The van der Waals surface area contributed by atoms with E-state index in [1.165, 1.54) is 12.1 Å². The molecule has 3 aromatic rings. The first-order chi connectivity index (χ1) is 13.7. The first-order valence-corrected chi connectivity index (χ1v) is 11.5. The molecule has 0 aliphatic heterocycles. The number of nitrogens with one attached hydrogen (secondary N) is 2. The van der Waals surface area contributed by atoms with Crippen LogP contribution in [0.4, 0.5) is 11.4 Å². The molecule has 0 unspecified atom stereocenters. The maximum atomic E-state index is 12.7. The molecule has 150 valence electrons. The predicted octanol–water partition coefficient (Wildman–Crippen LogP) is 5.27. The van der Waals surface area contributed by atoms with E-state index in [1.54, 1.807) is 24.3 Å². The second-order valence-electron chi connectivity index (χ2n) is 6.89. The van der Waals surface area contributed by atoms with Crippen LogP contribution in [0.1, 0.15) is 27.0 Å². The Labute approximate surface area is 184 Å². The lowest BCUT2D eigenvalue weighted by Crippen LogP contribution is -2.15. The quantitative estimate of drug-likeness (QED) is 0.451. The van der Waals surface area contributed by atoms with Gasteiger partial charge in [0, 0.05) is 9.26 Å². The second-order valence-corrected chi connectivity index (χ2v) is 9.73. The minimum Gasteiger partial charge on any atom is -0.322 e. The van der Waals surface area contributed by atoms with Gasteiger partial charge in [-0.1, -0.05) is 29.3 Å². The van der Waals surface area contributed by atoms with E-state index in [-0.39, 0.29) is 10.8 Å². The number of anilines is 2. The molecule has 0 spiro atoms. The van der Waals surface area contributed by atoms with E-state index < -0.39 is 10.0 Å². The predicted molar refractivity (Wildman–Crippen MR) is 125 cm³/mol. The zero-order valence-corrected chi connectivity index (χ0v) is 19.3. The summed E-state index contributed by atoms with van der Waals surface area (Å²) in [6.45, 7) is 5.78. The molecule has 0 saturated heterocycles. The zero-order valence-electron chi connectivity index (χ0n) is 16.3. The van der Waals surface area contributed by atoms with Gasteiger partial charge in [-0.05, 0) is 91.4 Å². The number of hydrogen-bond acceptors (Lipinski definition) is 3. The molecule has 1 amide bonds. The van der Waals surface area contributed by atoms with Crippen molar-refractivity contribution in [2.75, 3.05) is 10.0 Å². The van der Waals surface area contributed by atoms with Crippen molar-refractivity contribution in [3.05, 3.63) is 86.5 Å². The van der Waals surface area contributed by atoms with Crippen LogP contribution >= 0.6 is 22.6 Å². The minimum absolute atomic E-state index is 0.125. The summed E-state index contributed by atoms with van der Waals surface area (Å²) in [7, 11) is -3.72. The van der Waals surface area contributed by atoms with Crippen LogP contribution in [0.3, 0.4) is 0 Å². The van der Waals surface area contributed by atoms with Gasteiger partial charge in [-0.25, -0.2) is 8.42 Å². The van der Waals surface area contributed by atoms with Crippen LogP contribution in [0, 0.1) is 24.3 Å². The number of carbonyl (C=O) groups is 1. The topological polar surface area (TPSA) is 75.3 Å². The van der Waals surface area contributed by atoms with E-state index in [1.807, 2.05) is 45.0 Å². The third-order valence-electron chi connectivity index (χ3n) is 4.42. The van der Waals surface area contributed by atoms with Crippen molar-refractivity contribution in [2.24, 2.45) is 0 Å². The Balaban J connectivity index is 1.76. The largest absolute Gasteiger partial charge is 0.322 e. The number of benzene rings is 3. The molecule has 0 fully saturated rings. The van der Waals surface area contributed by atoms with E-state index in [0.29, 0.717) is 16.9 Å². The number of carbonyl (C=O) groups excluding carboxylic acids is 1. The first kappa shape index (κ1) is 21.3. The average molecular weight is 520 g/mol. The maximum absolute atomic E-state index is 12.7. The molecule has 3 aromatic carbocycles. The van der Waals surface area contributed by atoms with Gasteiger partial charge in [0.05, 0.1) is 16.1 Å². The fourth-order valence-electron chi connectivity index (χ4n) is 2.85. The Morgan fingerprint density at radius 2 is 1.48 bits per heavy atom. The molecule has 0 aliphatic rings. The second kappa shape index (κ2) is 8.54. The monoisotopic (exact) mass is 520 g/mol. The van der Waals surface area contributed by atoms with Crippen molar-refractivity contribution in [3.63, 3.8) is 0 Å². The molecule has 29 heavy (non-hydrogen) atoms. The fourth-order valence-corrected chi connectivity index (χ4v) is 4.90. The van der Waals surface area contributed by atoms with Gasteiger partial charge in [0.15, 0.2) is 0 Å². The molecule has 3 rings (SSSR count). The van der Waals surface area contributed by atoms with Crippen molar-refractivity contribution in [1.29, 1.82) is 0 Å². The van der Waals surface area contributed by atoms with E-state index >= 15 is 0 Å². The molecule has 5 nitrogen and oxygen atoms in total. The van der Waals surface area contributed by atoms with Crippen LogP contribution in [0.25, 0.3) is 0 Å². The van der Waals surface area contributed by atoms with Crippen LogP contribution in [0.15, 0.2) is 65.6 Å². The third-order valence-corrected chi connectivity index (χ3v) is 6.69. The molecular formula is C22H21IN2O3S. The van der Waals surface area contributed by atoms with Crippen molar-refractivity contribution < 1.29 is 13.2 Å². The van der Waals surface area contributed by atoms with Crippen LogP contribution in [-0.4, -0.2) is 14.3 Å². The van der Waals surface area contributed by atoms with Crippen LogP contribution in [0.2, 0.25) is 0 Å². The molecule has 2 N–H and O–H groups in total. The Hall–Kier alpha value is -2.39. The van der Waals surface area contributed by atoms with Crippen molar-refractivity contribution in [2.45, 2.75) is 25.7 Å². The van der Waals surface area contributed by atoms with E-state index in [9.17, 15) is 13.2 Å². The highest BCUT2D eigenvalue weighted by molar-refractivity contribution is 14.1. The molecule has 0 aromatic heterocycles. The van der Waals surface area contributed by atoms with Gasteiger partial charge in [0.25, 0.3) is 15.9 Å². The lowest BCUT2D eigenvalue weighted by Gasteiger charge is -2.12. The number of aryl methyl sites for hydroxylation is 3. The number of rotatable bonds is 5. The number of hydrogen-bond donors (Lipinski definition) is 2. The van der Waals surface area contributed by atoms with E-state index in [0.717, 1.165) is 20.3 Å². The Morgan fingerprint density at radius 3 is 2.10 bits per heavy atom. The van der Waals surface area contributed by atoms with Gasteiger partial charge < -0.3 is 5.32 Å². The summed E-state index contributed by atoms with van der Waals surface area (Å²) in [4.78, 5) is 12.6. The SMILES string of the molecule is Cc1ccc(NS(=O)(=O)c2ccc(NC(=O)c3ccc(C)cc3I)cc2)c(C)c1. The normalized spacial score (nSPS) is 11.2. The highest BCUT2D eigenvalue weighted by Crippen LogP contribution is 2.22.